The molecule has 218 valence electrons. The summed E-state index contributed by atoms with van der Waals surface area (Å²) in [5.41, 5.74) is 4.73. The van der Waals surface area contributed by atoms with E-state index in [1.165, 1.54) is 0 Å². The minimum atomic E-state index is -0.553. The molecule has 1 atom stereocenters. The van der Waals surface area contributed by atoms with Crippen LogP contribution < -0.4 is 10.3 Å². The normalized spacial score (nSPS) is 11.7. The highest BCUT2D eigenvalue weighted by molar-refractivity contribution is 5.95. The number of ether oxygens (including phenoxy) is 1. The monoisotopic (exact) mass is 579 g/mol. The summed E-state index contributed by atoms with van der Waals surface area (Å²) in [5.74, 6) is 0.862. The Hall–Kier alpha value is -5.49. The Bertz CT molecular complexity index is 1950. The number of hydrogen-bond donors (Lipinski definition) is 0. The van der Waals surface area contributed by atoms with Crippen LogP contribution in [0.4, 0.5) is 0 Å². The Morgan fingerprint density at radius 2 is 1.39 bits per heavy atom. The zero-order valence-corrected chi connectivity index (χ0v) is 24.8. The molecule has 1 amide bonds. The second-order valence-electron chi connectivity index (χ2n) is 10.7. The maximum Gasteiger partial charge on any atom is 0.266 e. The lowest BCUT2D eigenvalue weighted by molar-refractivity contribution is 0.0683. The van der Waals surface area contributed by atoms with E-state index in [4.69, 9.17) is 9.72 Å². The van der Waals surface area contributed by atoms with Gasteiger partial charge in [-0.3, -0.25) is 14.2 Å². The van der Waals surface area contributed by atoms with Crippen molar-refractivity contribution in [2.24, 2.45) is 0 Å². The van der Waals surface area contributed by atoms with Crippen LogP contribution in [0.5, 0.6) is 5.75 Å². The molecule has 0 fully saturated rings. The molecule has 0 N–H and O–H groups in total. The van der Waals surface area contributed by atoms with Crippen molar-refractivity contribution in [2.75, 3.05) is 13.7 Å². The van der Waals surface area contributed by atoms with E-state index in [1.807, 2.05) is 127 Å². The minimum absolute atomic E-state index is 0.137. The van der Waals surface area contributed by atoms with Crippen molar-refractivity contribution in [1.82, 2.24) is 14.5 Å². The summed E-state index contributed by atoms with van der Waals surface area (Å²) in [7, 11) is 1.58. The number of benzene rings is 5. The fourth-order valence-corrected chi connectivity index (χ4v) is 5.58. The third-order valence-corrected chi connectivity index (χ3v) is 7.95. The lowest BCUT2D eigenvalue weighted by Gasteiger charge is -2.31. The maximum absolute atomic E-state index is 14.3. The van der Waals surface area contributed by atoms with Crippen LogP contribution >= 0.6 is 0 Å². The Balaban J connectivity index is 1.46. The van der Waals surface area contributed by atoms with Crippen LogP contribution in [0.15, 0.2) is 138 Å². The first-order valence-corrected chi connectivity index (χ1v) is 14.7. The van der Waals surface area contributed by atoms with Crippen LogP contribution in [0, 0.1) is 0 Å². The fraction of sp³-hybridized carbons (Fsp3) is 0.132. The van der Waals surface area contributed by atoms with Gasteiger partial charge in [-0.05, 0) is 66.4 Å². The number of carbonyl (C=O) groups is 1. The lowest BCUT2D eigenvalue weighted by atomic mass is 10.0. The van der Waals surface area contributed by atoms with Crippen LogP contribution in [0.25, 0.3) is 27.7 Å². The number of fused-ring (bicyclic) bond motifs is 1. The first-order valence-electron chi connectivity index (χ1n) is 14.7. The summed E-state index contributed by atoms with van der Waals surface area (Å²) < 4.78 is 7.25. The molecule has 6 heteroatoms. The van der Waals surface area contributed by atoms with E-state index in [0.717, 1.165) is 16.7 Å². The van der Waals surface area contributed by atoms with Gasteiger partial charge in [0.05, 0.1) is 29.7 Å². The number of para-hydroxylation sites is 3. The third-order valence-electron chi connectivity index (χ3n) is 7.95. The van der Waals surface area contributed by atoms with Gasteiger partial charge in [0.25, 0.3) is 11.5 Å². The van der Waals surface area contributed by atoms with Crippen molar-refractivity contribution in [3.8, 4) is 22.6 Å². The van der Waals surface area contributed by atoms with E-state index in [1.54, 1.807) is 17.7 Å². The zero-order valence-electron chi connectivity index (χ0n) is 24.8. The van der Waals surface area contributed by atoms with Gasteiger partial charge in [0, 0.05) is 12.1 Å². The molecule has 6 aromatic rings. The average molecular weight is 580 g/mol. The standard InChI is InChI=1S/C38H33N3O3/c1-27(36-39-33-18-10-9-17-32(33)38(43)41(36)34-19-11-12-20-35(34)44-2)40(26-25-28-13-5-3-6-14-28)37(42)31-23-21-30(22-24-31)29-15-7-4-8-16-29/h3-24,27H,25-26H2,1-2H3. The number of rotatable bonds is 9. The minimum Gasteiger partial charge on any atom is -0.495 e. The average Bonchev–Trinajstić information content (AvgIpc) is 3.09. The van der Waals surface area contributed by atoms with Crippen molar-refractivity contribution in [1.29, 1.82) is 0 Å². The summed E-state index contributed by atoms with van der Waals surface area (Å²) in [5, 5.41) is 0.494. The van der Waals surface area contributed by atoms with Gasteiger partial charge >= 0.3 is 0 Å². The van der Waals surface area contributed by atoms with E-state index < -0.39 is 6.04 Å². The van der Waals surface area contributed by atoms with Crippen LogP contribution in [-0.2, 0) is 6.42 Å². The quantitative estimate of drug-likeness (QED) is 0.178. The van der Waals surface area contributed by atoms with E-state index in [2.05, 4.69) is 12.1 Å². The number of nitrogens with zero attached hydrogens (tertiary/aromatic N) is 3. The van der Waals surface area contributed by atoms with E-state index >= 15 is 0 Å². The van der Waals surface area contributed by atoms with Gasteiger partial charge in [0.15, 0.2) is 0 Å². The Labute approximate surface area is 256 Å². The number of aromatic nitrogens is 2. The number of amides is 1. The first-order chi connectivity index (χ1) is 21.5. The topological polar surface area (TPSA) is 64.4 Å². The summed E-state index contributed by atoms with van der Waals surface area (Å²) in [6.07, 6.45) is 0.644. The molecule has 0 aliphatic heterocycles. The molecular weight excluding hydrogens is 546 g/mol. The molecule has 1 unspecified atom stereocenters. The molecule has 0 aliphatic carbocycles. The third kappa shape index (κ3) is 5.75. The van der Waals surface area contributed by atoms with Crippen LogP contribution in [0.2, 0.25) is 0 Å². The first kappa shape index (κ1) is 28.6. The molecule has 1 heterocycles. The van der Waals surface area contributed by atoms with Crippen molar-refractivity contribution < 1.29 is 9.53 Å². The van der Waals surface area contributed by atoms with Gasteiger partial charge in [-0.15, -0.1) is 0 Å². The lowest BCUT2D eigenvalue weighted by Crippen LogP contribution is -2.38. The van der Waals surface area contributed by atoms with Crippen molar-refractivity contribution in [3.05, 3.63) is 161 Å². The smallest absolute Gasteiger partial charge is 0.266 e. The Morgan fingerprint density at radius 3 is 2.11 bits per heavy atom. The summed E-state index contributed by atoms with van der Waals surface area (Å²) in [4.78, 5) is 35.3. The van der Waals surface area contributed by atoms with Gasteiger partial charge in [-0.25, -0.2) is 4.98 Å². The van der Waals surface area contributed by atoms with Crippen molar-refractivity contribution in [2.45, 2.75) is 19.4 Å². The summed E-state index contributed by atoms with van der Waals surface area (Å²) in [6.45, 7) is 2.36. The maximum atomic E-state index is 14.3. The predicted octanol–water partition coefficient (Wildman–Crippen LogP) is 7.51. The van der Waals surface area contributed by atoms with Gasteiger partial charge in [-0.2, -0.15) is 0 Å². The molecule has 6 nitrogen and oxygen atoms in total. The second-order valence-corrected chi connectivity index (χ2v) is 10.7. The second kappa shape index (κ2) is 12.8. The van der Waals surface area contributed by atoms with Crippen LogP contribution in [0.1, 0.15) is 34.7 Å². The van der Waals surface area contributed by atoms with Gasteiger partial charge in [0.2, 0.25) is 0 Å². The molecular formula is C38H33N3O3. The van der Waals surface area contributed by atoms with E-state index in [0.29, 0.717) is 46.7 Å². The van der Waals surface area contributed by atoms with Crippen molar-refractivity contribution in [3.63, 3.8) is 0 Å². The highest BCUT2D eigenvalue weighted by atomic mass is 16.5. The molecule has 0 saturated heterocycles. The molecule has 0 bridgehead atoms. The largest absolute Gasteiger partial charge is 0.495 e. The molecule has 0 spiro atoms. The molecule has 0 radical (unpaired) electrons. The molecule has 44 heavy (non-hydrogen) atoms. The molecule has 1 aromatic heterocycles. The predicted molar refractivity (Wildman–Crippen MR) is 175 cm³/mol. The number of methoxy groups -OCH3 is 1. The van der Waals surface area contributed by atoms with E-state index in [-0.39, 0.29) is 11.5 Å². The molecule has 0 aliphatic rings. The molecule has 0 saturated carbocycles. The zero-order chi connectivity index (χ0) is 30.5. The molecule has 6 rings (SSSR count). The van der Waals surface area contributed by atoms with Crippen LogP contribution in [0.3, 0.4) is 0 Å². The van der Waals surface area contributed by atoms with Gasteiger partial charge < -0.3 is 9.64 Å². The number of hydrogen-bond acceptors (Lipinski definition) is 4. The Kier molecular flexibility index (Phi) is 8.32. The summed E-state index contributed by atoms with van der Waals surface area (Å²) in [6, 6.07) is 42.0. The fourth-order valence-electron chi connectivity index (χ4n) is 5.58. The highest BCUT2D eigenvalue weighted by Gasteiger charge is 2.28. The van der Waals surface area contributed by atoms with E-state index in [9.17, 15) is 9.59 Å². The number of carbonyl (C=O) groups excluding carboxylic acids is 1. The van der Waals surface area contributed by atoms with Crippen LogP contribution in [-0.4, -0.2) is 34.0 Å². The molecule has 5 aromatic carbocycles. The SMILES string of the molecule is COc1ccccc1-n1c(C(C)N(CCc2ccccc2)C(=O)c2ccc(-c3ccccc3)cc2)nc2ccccc2c1=O. The van der Waals surface area contributed by atoms with Gasteiger partial charge in [-0.1, -0.05) is 97.1 Å². The summed E-state index contributed by atoms with van der Waals surface area (Å²) >= 11 is 0. The Morgan fingerprint density at radius 1 is 0.773 bits per heavy atom. The van der Waals surface area contributed by atoms with Gasteiger partial charge in [0.1, 0.15) is 11.6 Å². The van der Waals surface area contributed by atoms with Crippen molar-refractivity contribution >= 4 is 16.8 Å². The highest BCUT2D eigenvalue weighted by Crippen LogP contribution is 2.29.